The Kier molecular flexibility index (Phi) is 3.82. The summed E-state index contributed by atoms with van der Waals surface area (Å²) >= 11 is 0. The number of carbonyl (C=O) groups is 1. The Bertz CT molecular complexity index is 496. The molecule has 0 saturated carbocycles. The van der Waals surface area contributed by atoms with Gasteiger partial charge in [-0.25, -0.2) is 0 Å². The van der Waals surface area contributed by atoms with Crippen molar-refractivity contribution in [2.75, 3.05) is 13.1 Å². The van der Waals surface area contributed by atoms with Crippen LogP contribution in [-0.2, 0) is 0 Å². The quantitative estimate of drug-likeness (QED) is 0.843. The van der Waals surface area contributed by atoms with Crippen molar-refractivity contribution in [3.8, 4) is 0 Å². The van der Waals surface area contributed by atoms with Gasteiger partial charge in [0.15, 0.2) is 5.78 Å². The van der Waals surface area contributed by atoms with Gasteiger partial charge in [0.05, 0.1) is 0 Å². The first-order chi connectivity index (χ1) is 8.88. The number of nitrogens with one attached hydrogen (secondary N) is 1. The van der Waals surface area contributed by atoms with Crippen LogP contribution in [0.2, 0.25) is 0 Å². The fourth-order valence-electron chi connectivity index (χ4n) is 3.13. The van der Waals surface area contributed by atoms with Gasteiger partial charge in [0.25, 0.3) is 0 Å². The lowest BCUT2D eigenvalue weighted by molar-refractivity contribution is 0.0739. The maximum absolute atomic E-state index is 13.1. The third kappa shape index (κ3) is 2.34. The molecule has 1 heterocycles. The van der Waals surface area contributed by atoms with Crippen molar-refractivity contribution in [3.05, 3.63) is 34.4 Å². The van der Waals surface area contributed by atoms with Crippen LogP contribution in [0.1, 0.15) is 47.3 Å². The third-order valence-corrected chi connectivity index (χ3v) is 4.83. The van der Waals surface area contributed by atoms with Crippen LogP contribution in [0.15, 0.2) is 12.1 Å². The molecular formula is C17H25NO. The number of benzene rings is 1. The van der Waals surface area contributed by atoms with E-state index < -0.39 is 0 Å². The topological polar surface area (TPSA) is 29.1 Å². The molecule has 0 radical (unpaired) electrons. The minimum Gasteiger partial charge on any atom is -0.316 e. The number of rotatable bonds is 3. The summed E-state index contributed by atoms with van der Waals surface area (Å²) in [5.74, 6) is 0.698. The van der Waals surface area contributed by atoms with Crippen molar-refractivity contribution < 1.29 is 4.79 Å². The second kappa shape index (κ2) is 5.09. The molecule has 19 heavy (non-hydrogen) atoms. The Labute approximate surface area is 116 Å². The van der Waals surface area contributed by atoms with Gasteiger partial charge in [-0.1, -0.05) is 19.9 Å². The molecule has 0 aliphatic carbocycles. The average molecular weight is 259 g/mol. The van der Waals surface area contributed by atoms with Gasteiger partial charge in [0.2, 0.25) is 0 Å². The summed E-state index contributed by atoms with van der Waals surface area (Å²) in [6.07, 6.45) is 0.954. The van der Waals surface area contributed by atoms with Gasteiger partial charge in [0, 0.05) is 17.5 Å². The maximum atomic E-state index is 13.1. The number of Topliss-reactive ketones (excluding diaryl/α,β-unsaturated/α-hetero) is 1. The maximum Gasteiger partial charge on any atom is 0.170 e. The van der Waals surface area contributed by atoms with Gasteiger partial charge in [-0.15, -0.1) is 0 Å². The summed E-state index contributed by atoms with van der Waals surface area (Å²) < 4.78 is 0. The van der Waals surface area contributed by atoms with Crippen LogP contribution in [0.4, 0.5) is 0 Å². The Morgan fingerprint density at radius 3 is 2.32 bits per heavy atom. The highest BCUT2D eigenvalue weighted by molar-refractivity contribution is 6.02. The average Bonchev–Trinajstić information content (AvgIpc) is 2.83. The first kappa shape index (κ1) is 14.3. The Morgan fingerprint density at radius 2 is 1.79 bits per heavy atom. The van der Waals surface area contributed by atoms with E-state index in [1.165, 1.54) is 11.1 Å². The molecule has 1 aromatic rings. The fraction of sp³-hybridized carbons (Fsp3) is 0.588. The summed E-state index contributed by atoms with van der Waals surface area (Å²) in [5, 5.41) is 3.37. The van der Waals surface area contributed by atoms with E-state index in [4.69, 9.17) is 0 Å². The van der Waals surface area contributed by atoms with E-state index in [0.29, 0.717) is 11.7 Å². The molecule has 1 aliphatic heterocycles. The predicted octanol–water partition coefficient (Wildman–Crippen LogP) is 3.43. The van der Waals surface area contributed by atoms with E-state index in [1.807, 2.05) is 0 Å². The van der Waals surface area contributed by atoms with Crippen molar-refractivity contribution in [2.24, 2.45) is 11.3 Å². The zero-order valence-corrected chi connectivity index (χ0v) is 12.8. The normalized spacial score (nSPS) is 23.1. The molecule has 1 aromatic carbocycles. The second-order valence-corrected chi connectivity index (χ2v) is 6.32. The molecule has 1 N–H and O–H groups in total. The summed E-state index contributed by atoms with van der Waals surface area (Å²) in [4.78, 5) is 13.1. The highest BCUT2D eigenvalue weighted by atomic mass is 16.1. The van der Waals surface area contributed by atoms with E-state index in [-0.39, 0.29) is 5.41 Å². The number of hydrogen-bond acceptors (Lipinski definition) is 2. The Morgan fingerprint density at radius 1 is 1.16 bits per heavy atom. The molecule has 1 unspecified atom stereocenters. The van der Waals surface area contributed by atoms with Crippen LogP contribution in [0.25, 0.3) is 0 Å². The van der Waals surface area contributed by atoms with Crippen LogP contribution in [-0.4, -0.2) is 18.9 Å². The van der Waals surface area contributed by atoms with Gasteiger partial charge in [-0.2, -0.15) is 0 Å². The lowest BCUT2D eigenvalue weighted by Crippen LogP contribution is -2.39. The van der Waals surface area contributed by atoms with Gasteiger partial charge in [-0.3, -0.25) is 4.79 Å². The lowest BCUT2D eigenvalue weighted by Gasteiger charge is -2.31. The molecule has 104 valence electrons. The molecule has 1 atom stereocenters. The van der Waals surface area contributed by atoms with Crippen molar-refractivity contribution in [2.45, 2.75) is 41.0 Å². The van der Waals surface area contributed by atoms with Crippen molar-refractivity contribution in [1.29, 1.82) is 0 Å². The summed E-state index contributed by atoms with van der Waals surface area (Å²) in [5.41, 5.74) is 4.28. The molecule has 0 spiro atoms. The molecule has 0 amide bonds. The molecule has 0 aromatic heterocycles. The Hall–Kier alpha value is -1.15. The largest absolute Gasteiger partial charge is 0.316 e. The van der Waals surface area contributed by atoms with E-state index >= 15 is 0 Å². The number of ketones is 1. The molecular weight excluding hydrogens is 234 g/mol. The summed E-state index contributed by atoms with van der Waals surface area (Å²) in [6, 6.07) is 4.22. The van der Waals surface area contributed by atoms with Crippen LogP contribution in [0.3, 0.4) is 0 Å². The lowest BCUT2D eigenvalue weighted by atomic mass is 9.70. The van der Waals surface area contributed by atoms with Gasteiger partial charge in [0.1, 0.15) is 0 Å². The highest BCUT2D eigenvalue weighted by Gasteiger charge is 2.44. The van der Waals surface area contributed by atoms with Crippen molar-refractivity contribution in [3.63, 3.8) is 0 Å². The molecule has 1 aliphatic rings. The molecule has 2 rings (SSSR count). The van der Waals surface area contributed by atoms with Crippen molar-refractivity contribution >= 4 is 5.78 Å². The van der Waals surface area contributed by atoms with Crippen LogP contribution in [0, 0.1) is 32.1 Å². The van der Waals surface area contributed by atoms with Crippen LogP contribution >= 0.6 is 0 Å². The van der Waals surface area contributed by atoms with Gasteiger partial charge >= 0.3 is 0 Å². The zero-order chi connectivity index (χ0) is 14.2. The molecule has 2 nitrogen and oxygen atoms in total. The third-order valence-electron chi connectivity index (χ3n) is 4.83. The number of aryl methyl sites for hydroxylation is 3. The number of carbonyl (C=O) groups excluding carboxylic acids is 1. The molecule has 2 heteroatoms. The van der Waals surface area contributed by atoms with Crippen LogP contribution in [0.5, 0.6) is 0 Å². The predicted molar refractivity (Wildman–Crippen MR) is 79.7 cm³/mol. The highest BCUT2D eigenvalue weighted by Crippen LogP contribution is 2.38. The van der Waals surface area contributed by atoms with E-state index in [9.17, 15) is 4.79 Å². The number of hydrogen-bond donors (Lipinski definition) is 1. The minimum absolute atomic E-state index is 0.216. The van der Waals surface area contributed by atoms with E-state index in [1.54, 1.807) is 0 Å². The first-order valence-electron chi connectivity index (χ1n) is 7.22. The van der Waals surface area contributed by atoms with E-state index in [0.717, 1.165) is 30.6 Å². The smallest absolute Gasteiger partial charge is 0.170 e. The minimum atomic E-state index is -0.216. The standard InChI is InChI=1S/C17H25NO/c1-11(2)17(6-7-18-10-17)16(19)15-9-13(4)12(3)8-14(15)5/h8-9,11,18H,6-7,10H2,1-5H3. The SMILES string of the molecule is Cc1cc(C)c(C(=O)C2(C(C)C)CCNC2)cc1C. The van der Waals surface area contributed by atoms with Crippen LogP contribution < -0.4 is 5.32 Å². The van der Waals surface area contributed by atoms with Crippen molar-refractivity contribution in [1.82, 2.24) is 5.32 Å². The zero-order valence-electron chi connectivity index (χ0n) is 12.8. The Balaban J connectivity index is 2.46. The summed E-state index contributed by atoms with van der Waals surface area (Å²) in [7, 11) is 0. The fourth-order valence-corrected chi connectivity index (χ4v) is 3.13. The second-order valence-electron chi connectivity index (χ2n) is 6.32. The van der Waals surface area contributed by atoms with Gasteiger partial charge < -0.3 is 5.32 Å². The molecule has 0 bridgehead atoms. The van der Waals surface area contributed by atoms with E-state index in [2.05, 4.69) is 52.1 Å². The first-order valence-corrected chi connectivity index (χ1v) is 7.22. The molecule has 1 fully saturated rings. The summed E-state index contributed by atoms with van der Waals surface area (Å²) in [6.45, 7) is 12.3. The molecule has 1 saturated heterocycles. The van der Waals surface area contributed by atoms with Gasteiger partial charge in [-0.05, 0) is 62.4 Å². The monoisotopic (exact) mass is 259 g/mol.